The fourth-order valence-corrected chi connectivity index (χ4v) is 3.13. The zero-order valence-electron chi connectivity index (χ0n) is 10.4. The van der Waals surface area contributed by atoms with Crippen molar-refractivity contribution in [2.75, 3.05) is 11.9 Å². The Morgan fingerprint density at radius 2 is 1.78 bits per heavy atom. The van der Waals surface area contributed by atoms with Gasteiger partial charge in [0, 0.05) is 12.2 Å². The topological polar surface area (TPSA) is 69.6 Å². The van der Waals surface area contributed by atoms with Gasteiger partial charge in [-0.15, -0.1) is 0 Å². The van der Waals surface area contributed by atoms with Crippen LogP contribution in [0.15, 0.2) is 24.3 Å². The monoisotopic (exact) mass is 269 g/mol. The van der Waals surface area contributed by atoms with Gasteiger partial charge in [0.15, 0.2) is 0 Å². The smallest absolute Gasteiger partial charge is 0.329 e. The molecule has 0 spiro atoms. The molecule has 0 atom stereocenters. The number of rotatable bonds is 5. The minimum absolute atomic E-state index is 0.185. The van der Waals surface area contributed by atoms with Gasteiger partial charge in [-0.2, -0.15) is 0 Å². The number of nitrogens with one attached hydrogen (secondary N) is 1. The summed E-state index contributed by atoms with van der Waals surface area (Å²) in [5.74, 6) is 0.778. The number of hydrogen-bond donors (Lipinski definition) is 3. The molecule has 0 aliphatic heterocycles. The summed E-state index contributed by atoms with van der Waals surface area (Å²) >= 11 is 0. The minimum Gasteiger partial charge on any atom is -0.385 e. The molecule has 0 unspecified atom stereocenters. The minimum atomic E-state index is -3.96. The van der Waals surface area contributed by atoms with Gasteiger partial charge in [0.1, 0.15) is 0 Å². The van der Waals surface area contributed by atoms with E-state index in [1.165, 1.54) is 25.7 Å². The van der Waals surface area contributed by atoms with Crippen molar-refractivity contribution in [1.29, 1.82) is 0 Å². The van der Waals surface area contributed by atoms with E-state index in [4.69, 9.17) is 9.79 Å². The molecular weight excluding hydrogens is 249 g/mol. The SMILES string of the molecule is O=P(O)(O)Cc1ccc(NCC2CCCC2)cc1. The molecule has 0 amide bonds. The molecule has 0 aromatic heterocycles. The van der Waals surface area contributed by atoms with Gasteiger partial charge in [0.05, 0.1) is 6.16 Å². The summed E-state index contributed by atoms with van der Waals surface area (Å²) in [6.45, 7) is 0.998. The first-order valence-corrected chi connectivity index (χ1v) is 8.20. The van der Waals surface area contributed by atoms with E-state index < -0.39 is 7.60 Å². The maximum Gasteiger partial charge on any atom is 0.329 e. The fraction of sp³-hybridized carbons (Fsp3) is 0.538. The lowest BCUT2D eigenvalue weighted by atomic mass is 10.1. The second kappa shape index (κ2) is 5.87. The second-order valence-electron chi connectivity index (χ2n) is 5.05. The van der Waals surface area contributed by atoms with E-state index in [1.54, 1.807) is 12.1 Å². The zero-order valence-corrected chi connectivity index (χ0v) is 11.3. The van der Waals surface area contributed by atoms with Crippen molar-refractivity contribution >= 4 is 13.3 Å². The summed E-state index contributed by atoms with van der Waals surface area (Å²) in [5.41, 5.74) is 1.70. The Morgan fingerprint density at radius 3 is 2.33 bits per heavy atom. The van der Waals surface area contributed by atoms with E-state index in [0.717, 1.165) is 18.2 Å². The van der Waals surface area contributed by atoms with Gasteiger partial charge < -0.3 is 15.1 Å². The molecule has 1 fully saturated rings. The highest BCUT2D eigenvalue weighted by Crippen LogP contribution is 2.39. The Morgan fingerprint density at radius 1 is 1.17 bits per heavy atom. The first kappa shape index (κ1) is 13.6. The molecule has 1 saturated carbocycles. The summed E-state index contributed by atoms with van der Waals surface area (Å²) in [7, 11) is -3.96. The van der Waals surface area contributed by atoms with Crippen LogP contribution in [0.5, 0.6) is 0 Å². The average Bonchev–Trinajstić information content (AvgIpc) is 2.79. The first-order valence-electron chi connectivity index (χ1n) is 6.40. The summed E-state index contributed by atoms with van der Waals surface area (Å²) in [4.78, 5) is 17.8. The summed E-state index contributed by atoms with van der Waals surface area (Å²) in [6.07, 6.45) is 5.11. The summed E-state index contributed by atoms with van der Waals surface area (Å²) in [5, 5.41) is 3.38. The van der Waals surface area contributed by atoms with E-state index in [1.807, 2.05) is 12.1 Å². The van der Waals surface area contributed by atoms with Crippen molar-refractivity contribution in [2.24, 2.45) is 5.92 Å². The van der Waals surface area contributed by atoms with Gasteiger partial charge in [-0.1, -0.05) is 25.0 Å². The lowest BCUT2D eigenvalue weighted by molar-refractivity contribution is 0.371. The van der Waals surface area contributed by atoms with E-state index in [-0.39, 0.29) is 6.16 Å². The Kier molecular flexibility index (Phi) is 4.44. The molecule has 0 heterocycles. The predicted octanol–water partition coefficient (Wildman–Crippen LogP) is 2.97. The molecule has 3 N–H and O–H groups in total. The second-order valence-corrected chi connectivity index (χ2v) is 6.70. The lowest BCUT2D eigenvalue weighted by Crippen LogP contribution is -2.10. The zero-order chi connectivity index (χ0) is 13.0. The number of anilines is 1. The molecule has 0 bridgehead atoms. The number of benzene rings is 1. The van der Waals surface area contributed by atoms with Crippen molar-refractivity contribution in [2.45, 2.75) is 31.8 Å². The Labute approximate surface area is 108 Å². The van der Waals surface area contributed by atoms with Crippen LogP contribution in [0.4, 0.5) is 5.69 Å². The molecule has 4 nitrogen and oxygen atoms in total. The van der Waals surface area contributed by atoms with Gasteiger partial charge in [0.2, 0.25) is 0 Å². The molecule has 1 aromatic carbocycles. The molecular formula is C13H20NO3P. The third kappa shape index (κ3) is 4.45. The van der Waals surface area contributed by atoms with Gasteiger partial charge in [-0.25, -0.2) is 0 Å². The molecule has 18 heavy (non-hydrogen) atoms. The van der Waals surface area contributed by atoms with Crippen LogP contribution in [0.1, 0.15) is 31.2 Å². The highest BCUT2D eigenvalue weighted by atomic mass is 31.2. The van der Waals surface area contributed by atoms with Crippen molar-refractivity contribution < 1.29 is 14.4 Å². The third-order valence-electron chi connectivity index (χ3n) is 3.41. The summed E-state index contributed by atoms with van der Waals surface area (Å²) < 4.78 is 10.9. The van der Waals surface area contributed by atoms with Crippen LogP contribution in [0, 0.1) is 5.92 Å². The normalized spacial score (nSPS) is 17.0. The first-order chi connectivity index (χ1) is 8.53. The van der Waals surface area contributed by atoms with Crippen molar-refractivity contribution in [3.05, 3.63) is 29.8 Å². The number of hydrogen-bond acceptors (Lipinski definition) is 2. The fourth-order valence-electron chi connectivity index (χ4n) is 2.44. The van der Waals surface area contributed by atoms with E-state index >= 15 is 0 Å². The Bertz CT molecular complexity index is 420. The standard InChI is InChI=1S/C13H20NO3P/c15-18(16,17)10-12-5-7-13(8-6-12)14-9-11-3-1-2-4-11/h5-8,11,14H,1-4,9-10H2,(H2,15,16,17). The maximum absolute atomic E-state index is 10.9. The molecule has 100 valence electrons. The molecule has 0 radical (unpaired) electrons. The van der Waals surface area contributed by atoms with Crippen LogP contribution >= 0.6 is 7.60 Å². The average molecular weight is 269 g/mol. The van der Waals surface area contributed by atoms with Crippen LogP contribution in [-0.2, 0) is 10.7 Å². The Hall–Kier alpha value is -0.830. The van der Waals surface area contributed by atoms with E-state index in [0.29, 0.717) is 5.56 Å². The van der Waals surface area contributed by atoms with E-state index in [2.05, 4.69) is 5.32 Å². The molecule has 2 rings (SSSR count). The quantitative estimate of drug-likeness (QED) is 0.719. The van der Waals surface area contributed by atoms with E-state index in [9.17, 15) is 4.57 Å². The van der Waals surface area contributed by atoms with Crippen LogP contribution in [0.3, 0.4) is 0 Å². The van der Waals surface area contributed by atoms with Crippen LogP contribution in [0.2, 0.25) is 0 Å². The predicted molar refractivity (Wildman–Crippen MR) is 72.6 cm³/mol. The highest BCUT2D eigenvalue weighted by Gasteiger charge is 2.15. The van der Waals surface area contributed by atoms with Gasteiger partial charge in [-0.3, -0.25) is 4.57 Å². The van der Waals surface area contributed by atoms with Gasteiger partial charge in [0.25, 0.3) is 0 Å². The van der Waals surface area contributed by atoms with Crippen LogP contribution in [-0.4, -0.2) is 16.3 Å². The molecule has 1 aliphatic rings. The largest absolute Gasteiger partial charge is 0.385 e. The Balaban J connectivity index is 1.85. The van der Waals surface area contributed by atoms with Crippen LogP contribution < -0.4 is 5.32 Å². The van der Waals surface area contributed by atoms with Gasteiger partial charge >= 0.3 is 7.60 Å². The maximum atomic E-state index is 10.9. The molecule has 1 aliphatic carbocycles. The van der Waals surface area contributed by atoms with Crippen molar-refractivity contribution in [3.63, 3.8) is 0 Å². The van der Waals surface area contributed by atoms with Crippen molar-refractivity contribution in [1.82, 2.24) is 0 Å². The molecule has 1 aromatic rings. The lowest BCUT2D eigenvalue weighted by Gasteiger charge is -2.12. The highest BCUT2D eigenvalue weighted by molar-refractivity contribution is 7.50. The molecule has 5 heteroatoms. The molecule has 0 saturated heterocycles. The van der Waals surface area contributed by atoms with Crippen molar-refractivity contribution in [3.8, 4) is 0 Å². The van der Waals surface area contributed by atoms with Crippen LogP contribution in [0.25, 0.3) is 0 Å². The third-order valence-corrected chi connectivity index (χ3v) is 4.19. The van der Waals surface area contributed by atoms with Gasteiger partial charge in [-0.05, 0) is 36.5 Å². The summed E-state index contributed by atoms with van der Waals surface area (Å²) in [6, 6.07) is 7.33.